The Morgan fingerprint density at radius 3 is 2.15 bits per heavy atom. The molecule has 134 valence electrons. The van der Waals surface area contributed by atoms with Crippen LogP contribution in [-0.4, -0.2) is 18.6 Å². The van der Waals surface area contributed by atoms with E-state index >= 15 is 0 Å². The Bertz CT molecular complexity index is 1030. The quantitative estimate of drug-likeness (QED) is 0.682. The molecule has 0 fully saturated rings. The summed E-state index contributed by atoms with van der Waals surface area (Å²) in [7, 11) is -3.91. The number of halogens is 3. The van der Waals surface area contributed by atoms with Crippen LogP contribution < -0.4 is 10.0 Å². The molecule has 1 heterocycles. The molecule has 0 spiro atoms. The zero-order chi connectivity index (χ0) is 18.7. The number of rotatable bonds is 5. The maximum Gasteiger partial charge on any atom is 0.263 e. The van der Waals surface area contributed by atoms with Crippen LogP contribution in [0.3, 0.4) is 0 Å². The van der Waals surface area contributed by atoms with Crippen LogP contribution in [0.1, 0.15) is 0 Å². The lowest BCUT2D eigenvalue weighted by Gasteiger charge is -2.08. The van der Waals surface area contributed by atoms with E-state index in [0.717, 1.165) is 24.3 Å². The average molecular weight is 397 g/mol. The molecular formula is C16H11ClF2N4O2S. The molecule has 0 bridgehead atoms. The molecule has 0 aliphatic carbocycles. The molecule has 6 nitrogen and oxygen atoms in total. The summed E-state index contributed by atoms with van der Waals surface area (Å²) in [6.07, 6.45) is 0. The van der Waals surface area contributed by atoms with Crippen LogP contribution in [0, 0.1) is 11.6 Å². The van der Waals surface area contributed by atoms with Crippen LogP contribution in [0.5, 0.6) is 0 Å². The molecule has 1 aromatic heterocycles. The van der Waals surface area contributed by atoms with Gasteiger partial charge in [0.05, 0.1) is 9.92 Å². The molecule has 0 aliphatic heterocycles. The molecule has 2 aromatic carbocycles. The van der Waals surface area contributed by atoms with E-state index in [1.54, 1.807) is 0 Å². The van der Waals surface area contributed by atoms with Gasteiger partial charge in [0.25, 0.3) is 10.0 Å². The molecule has 0 aliphatic rings. The molecule has 0 amide bonds. The first-order valence-electron chi connectivity index (χ1n) is 7.18. The van der Waals surface area contributed by atoms with Gasteiger partial charge in [0.15, 0.2) is 11.6 Å². The SMILES string of the molecule is O=S(=O)(Nc1ccc(Nc2ccc(F)c(Cl)c2)nn1)c1ccc(F)cc1. The molecule has 2 N–H and O–H groups in total. The van der Waals surface area contributed by atoms with Crippen molar-refractivity contribution in [2.45, 2.75) is 4.90 Å². The molecule has 26 heavy (non-hydrogen) atoms. The maximum absolute atomic E-state index is 13.1. The summed E-state index contributed by atoms with van der Waals surface area (Å²) in [5.41, 5.74) is 0.491. The lowest BCUT2D eigenvalue weighted by molar-refractivity contribution is 0.599. The van der Waals surface area contributed by atoms with Crippen LogP contribution in [0.4, 0.5) is 26.1 Å². The Morgan fingerprint density at radius 2 is 1.54 bits per heavy atom. The fraction of sp³-hybridized carbons (Fsp3) is 0. The monoisotopic (exact) mass is 396 g/mol. The van der Waals surface area contributed by atoms with E-state index in [0.29, 0.717) is 11.5 Å². The Labute approximate surface area is 152 Å². The number of nitrogens with zero attached hydrogens (tertiary/aromatic N) is 2. The molecule has 0 atom stereocenters. The molecule has 3 rings (SSSR count). The number of benzene rings is 2. The Balaban J connectivity index is 1.73. The molecule has 0 saturated heterocycles. The van der Waals surface area contributed by atoms with Gasteiger partial charge in [0.1, 0.15) is 11.6 Å². The molecule has 10 heteroatoms. The van der Waals surface area contributed by atoms with Gasteiger partial charge in [-0.05, 0) is 54.6 Å². The second-order valence-electron chi connectivity index (χ2n) is 5.12. The first-order chi connectivity index (χ1) is 12.3. The number of hydrogen-bond donors (Lipinski definition) is 2. The number of anilines is 3. The highest BCUT2D eigenvalue weighted by atomic mass is 35.5. The van der Waals surface area contributed by atoms with Crippen LogP contribution >= 0.6 is 11.6 Å². The van der Waals surface area contributed by atoms with E-state index in [1.165, 1.54) is 30.3 Å². The molecule has 3 aromatic rings. The van der Waals surface area contributed by atoms with Crippen LogP contribution in [0.15, 0.2) is 59.5 Å². The van der Waals surface area contributed by atoms with Crippen molar-refractivity contribution in [3.8, 4) is 0 Å². The minimum atomic E-state index is -3.91. The van der Waals surface area contributed by atoms with Crippen molar-refractivity contribution in [1.29, 1.82) is 0 Å². The van der Waals surface area contributed by atoms with E-state index < -0.39 is 21.7 Å². The van der Waals surface area contributed by atoms with Crippen molar-refractivity contribution in [3.63, 3.8) is 0 Å². The zero-order valence-electron chi connectivity index (χ0n) is 12.9. The highest BCUT2D eigenvalue weighted by molar-refractivity contribution is 7.92. The predicted molar refractivity (Wildman–Crippen MR) is 93.9 cm³/mol. The van der Waals surface area contributed by atoms with Crippen molar-refractivity contribution in [2.75, 3.05) is 10.0 Å². The first-order valence-corrected chi connectivity index (χ1v) is 9.04. The van der Waals surface area contributed by atoms with Gasteiger partial charge in [-0.15, -0.1) is 10.2 Å². The van der Waals surface area contributed by atoms with Gasteiger partial charge < -0.3 is 5.32 Å². The van der Waals surface area contributed by atoms with Crippen LogP contribution in [0.2, 0.25) is 5.02 Å². The number of aromatic nitrogens is 2. The van der Waals surface area contributed by atoms with Gasteiger partial charge in [-0.25, -0.2) is 17.2 Å². The van der Waals surface area contributed by atoms with Crippen LogP contribution in [0.25, 0.3) is 0 Å². The van der Waals surface area contributed by atoms with Crippen molar-refractivity contribution in [3.05, 3.63) is 71.3 Å². The third-order valence-corrected chi connectivity index (χ3v) is 4.88. The average Bonchev–Trinajstić information content (AvgIpc) is 2.60. The predicted octanol–water partition coefficient (Wildman–Crippen LogP) is 3.95. The van der Waals surface area contributed by atoms with Gasteiger partial charge in [-0.2, -0.15) is 0 Å². The van der Waals surface area contributed by atoms with Gasteiger partial charge >= 0.3 is 0 Å². The molecule has 0 saturated carbocycles. The summed E-state index contributed by atoms with van der Waals surface area (Å²) in [4.78, 5) is -0.108. The summed E-state index contributed by atoms with van der Waals surface area (Å²) in [5, 5.41) is 10.4. The third-order valence-electron chi connectivity index (χ3n) is 3.22. The number of sulfonamides is 1. The third kappa shape index (κ3) is 4.24. The fourth-order valence-electron chi connectivity index (χ4n) is 1.99. The van der Waals surface area contributed by atoms with E-state index in [9.17, 15) is 17.2 Å². The van der Waals surface area contributed by atoms with E-state index in [4.69, 9.17) is 11.6 Å². The summed E-state index contributed by atoms with van der Waals surface area (Å²) >= 11 is 5.69. The normalized spacial score (nSPS) is 11.2. The van der Waals surface area contributed by atoms with Gasteiger partial charge in [0.2, 0.25) is 0 Å². The summed E-state index contributed by atoms with van der Waals surface area (Å²) < 4.78 is 52.7. The Hall–Kier alpha value is -2.78. The van der Waals surface area contributed by atoms with Gasteiger partial charge in [-0.1, -0.05) is 11.6 Å². The van der Waals surface area contributed by atoms with E-state index in [-0.39, 0.29) is 15.7 Å². The highest BCUT2D eigenvalue weighted by Crippen LogP contribution is 2.22. The smallest absolute Gasteiger partial charge is 0.263 e. The molecule has 0 unspecified atom stereocenters. The van der Waals surface area contributed by atoms with E-state index in [1.807, 2.05) is 0 Å². The Morgan fingerprint density at radius 1 is 0.885 bits per heavy atom. The lowest BCUT2D eigenvalue weighted by Crippen LogP contribution is -2.14. The second kappa shape index (κ2) is 7.22. The largest absolute Gasteiger partial charge is 0.339 e. The summed E-state index contributed by atoms with van der Waals surface area (Å²) in [6, 6.07) is 11.3. The first kappa shape index (κ1) is 18.0. The summed E-state index contributed by atoms with van der Waals surface area (Å²) in [5.74, 6) is -0.802. The van der Waals surface area contributed by atoms with Crippen LogP contribution in [-0.2, 0) is 10.0 Å². The van der Waals surface area contributed by atoms with Crippen molar-refractivity contribution >= 4 is 38.9 Å². The molecular weight excluding hydrogens is 386 g/mol. The molecule has 0 radical (unpaired) electrons. The fourth-order valence-corrected chi connectivity index (χ4v) is 3.16. The highest BCUT2D eigenvalue weighted by Gasteiger charge is 2.15. The van der Waals surface area contributed by atoms with Gasteiger partial charge in [-0.3, -0.25) is 4.72 Å². The standard InChI is InChI=1S/C16H11ClF2N4O2S/c17-13-9-11(3-6-14(13)19)20-15-7-8-16(22-21-15)23-26(24,25)12-4-1-10(18)2-5-12/h1-9H,(H,20,21)(H,22,23). The van der Waals surface area contributed by atoms with Crippen molar-refractivity contribution < 1.29 is 17.2 Å². The van der Waals surface area contributed by atoms with Crippen molar-refractivity contribution in [1.82, 2.24) is 10.2 Å². The number of nitrogens with one attached hydrogen (secondary N) is 2. The maximum atomic E-state index is 13.1. The topological polar surface area (TPSA) is 84.0 Å². The van der Waals surface area contributed by atoms with Crippen molar-refractivity contribution in [2.24, 2.45) is 0 Å². The Kier molecular flexibility index (Phi) is 5.01. The second-order valence-corrected chi connectivity index (χ2v) is 7.21. The minimum Gasteiger partial charge on any atom is -0.339 e. The van der Waals surface area contributed by atoms with E-state index in [2.05, 4.69) is 20.2 Å². The minimum absolute atomic E-state index is 0.0167. The zero-order valence-corrected chi connectivity index (χ0v) is 14.5. The lowest BCUT2D eigenvalue weighted by atomic mass is 10.3. The summed E-state index contributed by atoms with van der Waals surface area (Å²) in [6.45, 7) is 0. The van der Waals surface area contributed by atoms with Gasteiger partial charge in [0, 0.05) is 5.69 Å². The number of hydrogen-bond acceptors (Lipinski definition) is 5.